The molecule has 0 fully saturated rings. The van der Waals surface area contributed by atoms with Crippen molar-refractivity contribution in [2.75, 3.05) is 5.32 Å². The number of hydrogen-bond donors (Lipinski definition) is 1. The first-order valence-electron chi connectivity index (χ1n) is 9.08. The minimum Gasteiger partial charge on any atom is -0.326 e. The van der Waals surface area contributed by atoms with E-state index in [1.54, 1.807) is 24.3 Å². The van der Waals surface area contributed by atoms with Crippen LogP contribution in [-0.2, 0) is 4.79 Å². The SMILES string of the molecule is C[C@@H](Sc1ncnc2ccccc12)C(=O)c1ccc(NC(=O)C(C)(C)C)cc1. The van der Waals surface area contributed by atoms with Crippen molar-refractivity contribution in [1.82, 2.24) is 9.97 Å². The van der Waals surface area contributed by atoms with Crippen LogP contribution in [0.5, 0.6) is 0 Å². The van der Waals surface area contributed by atoms with Gasteiger partial charge in [-0.1, -0.05) is 50.7 Å². The number of hydrogen-bond acceptors (Lipinski definition) is 5. The van der Waals surface area contributed by atoms with Crippen LogP contribution < -0.4 is 5.32 Å². The van der Waals surface area contributed by atoms with Gasteiger partial charge in [-0.25, -0.2) is 9.97 Å². The second kappa shape index (κ2) is 8.10. The summed E-state index contributed by atoms with van der Waals surface area (Å²) in [5, 5.41) is 4.30. The average molecular weight is 394 g/mol. The molecule has 0 spiro atoms. The molecule has 0 bridgehead atoms. The molecule has 0 aliphatic carbocycles. The van der Waals surface area contributed by atoms with Crippen molar-refractivity contribution in [3.8, 4) is 0 Å². The molecule has 1 aromatic heterocycles. The average Bonchev–Trinajstić information content (AvgIpc) is 2.67. The van der Waals surface area contributed by atoms with Gasteiger partial charge in [0.15, 0.2) is 5.78 Å². The fourth-order valence-electron chi connectivity index (χ4n) is 2.57. The monoisotopic (exact) mass is 393 g/mol. The summed E-state index contributed by atoms with van der Waals surface area (Å²) in [4.78, 5) is 33.5. The third-order valence-electron chi connectivity index (χ3n) is 4.27. The number of fused-ring (bicyclic) bond motifs is 1. The zero-order valence-corrected chi connectivity index (χ0v) is 17.2. The molecule has 0 aliphatic heterocycles. The predicted molar refractivity (Wildman–Crippen MR) is 114 cm³/mol. The van der Waals surface area contributed by atoms with Gasteiger partial charge in [0.2, 0.25) is 5.91 Å². The number of aromatic nitrogens is 2. The van der Waals surface area contributed by atoms with Gasteiger partial charge in [0.1, 0.15) is 11.4 Å². The van der Waals surface area contributed by atoms with Crippen molar-refractivity contribution in [3.05, 3.63) is 60.4 Å². The number of ketones is 1. The van der Waals surface area contributed by atoms with Crippen molar-refractivity contribution >= 4 is 40.0 Å². The maximum Gasteiger partial charge on any atom is 0.229 e. The molecule has 0 saturated carbocycles. The van der Waals surface area contributed by atoms with E-state index >= 15 is 0 Å². The Balaban J connectivity index is 1.72. The van der Waals surface area contributed by atoms with Gasteiger partial charge >= 0.3 is 0 Å². The fraction of sp³-hybridized carbons (Fsp3) is 0.273. The number of benzene rings is 2. The molecular formula is C22H23N3O2S. The minimum atomic E-state index is -0.472. The van der Waals surface area contributed by atoms with Crippen molar-refractivity contribution in [2.45, 2.75) is 38.0 Å². The van der Waals surface area contributed by atoms with E-state index < -0.39 is 5.41 Å². The Morgan fingerprint density at radius 2 is 1.68 bits per heavy atom. The maximum atomic E-state index is 12.8. The molecule has 2 aromatic carbocycles. The quantitative estimate of drug-likeness (QED) is 0.376. The van der Waals surface area contributed by atoms with Crippen LogP contribution in [0.3, 0.4) is 0 Å². The molecule has 0 aliphatic rings. The molecule has 1 heterocycles. The van der Waals surface area contributed by atoms with Crippen molar-refractivity contribution in [3.63, 3.8) is 0 Å². The van der Waals surface area contributed by atoms with E-state index in [1.165, 1.54) is 18.1 Å². The summed E-state index contributed by atoms with van der Waals surface area (Å²) in [7, 11) is 0. The number of anilines is 1. The minimum absolute atomic E-state index is 0.0152. The highest BCUT2D eigenvalue weighted by atomic mass is 32.2. The normalized spacial score (nSPS) is 12.6. The Morgan fingerprint density at radius 1 is 1.00 bits per heavy atom. The Labute approximate surface area is 169 Å². The fourth-order valence-corrected chi connectivity index (χ4v) is 3.55. The summed E-state index contributed by atoms with van der Waals surface area (Å²) in [5.74, 6) is -0.0486. The summed E-state index contributed by atoms with van der Waals surface area (Å²) >= 11 is 1.42. The van der Waals surface area contributed by atoms with E-state index in [0.29, 0.717) is 11.3 Å². The summed E-state index contributed by atoms with van der Waals surface area (Å²) < 4.78 is 0. The van der Waals surface area contributed by atoms with Gasteiger partial charge in [0.05, 0.1) is 10.8 Å². The Hall–Kier alpha value is -2.73. The first-order chi connectivity index (χ1) is 13.3. The van der Waals surface area contributed by atoms with Gasteiger partial charge in [0, 0.05) is 22.1 Å². The third kappa shape index (κ3) is 4.57. The lowest BCUT2D eigenvalue weighted by molar-refractivity contribution is -0.123. The van der Waals surface area contributed by atoms with E-state index in [9.17, 15) is 9.59 Å². The van der Waals surface area contributed by atoms with Crippen molar-refractivity contribution < 1.29 is 9.59 Å². The van der Waals surface area contributed by atoms with Crippen LogP contribution in [0.4, 0.5) is 5.69 Å². The Morgan fingerprint density at radius 3 is 2.36 bits per heavy atom. The number of rotatable bonds is 5. The number of thioether (sulfide) groups is 1. The van der Waals surface area contributed by atoms with Gasteiger partial charge in [-0.3, -0.25) is 9.59 Å². The van der Waals surface area contributed by atoms with E-state index in [1.807, 2.05) is 52.0 Å². The smallest absolute Gasteiger partial charge is 0.229 e. The predicted octanol–water partition coefficient (Wildman–Crippen LogP) is 4.98. The van der Waals surface area contributed by atoms with Crippen LogP contribution in [0.15, 0.2) is 59.9 Å². The summed E-state index contributed by atoms with van der Waals surface area (Å²) in [5.41, 5.74) is 1.67. The first kappa shape index (κ1) is 20.0. The molecule has 3 aromatic rings. The van der Waals surface area contributed by atoms with Crippen molar-refractivity contribution in [1.29, 1.82) is 0 Å². The first-order valence-corrected chi connectivity index (χ1v) is 9.96. The van der Waals surface area contributed by atoms with E-state index in [2.05, 4.69) is 15.3 Å². The highest BCUT2D eigenvalue weighted by Gasteiger charge is 2.22. The molecule has 6 heteroatoms. The maximum absolute atomic E-state index is 12.8. The second-order valence-electron chi connectivity index (χ2n) is 7.60. The van der Waals surface area contributed by atoms with Gasteiger partial charge in [0.25, 0.3) is 0 Å². The number of para-hydroxylation sites is 1. The third-order valence-corrected chi connectivity index (χ3v) is 5.39. The van der Waals surface area contributed by atoms with Crippen LogP contribution in [0.25, 0.3) is 10.9 Å². The van der Waals surface area contributed by atoms with Crippen LogP contribution in [0.1, 0.15) is 38.1 Å². The van der Waals surface area contributed by atoms with Crippen LogP contribution in [-0.4, -0.2) is 26.9 Å². The number of nitrogens with zero attached hydrogens (tertiary/aromatic N) is 2. The Bertz CT molecular complexity index is 1000. The zero-order valence-electron chi connectivity index (χ0n) is 16.4. The second-order valence-corrected chi connectivity index (χ2v) is 8.93. The lowest BCUT2D eigenvalue weighted by Crippen LogP contribution is -2.27. The number of Topliss-reactive ketones (excluding diaryl/α,β-unsaturated/α-hetero) is 1. The van der Waals surface area contributed by atoms with E-state index in [0.717, 1.165) is 15.9 Å². The lowest BCUT2D eigenvalue weighted by Gasteiger charge is -2.18. The standard InChI is InChI=1S/C22H23N3O2S/c1-14(28-20-17-7-5-6-8-18(17)23-13-24-20)19(26)15-9-11-16(12-10-15)25-21(27)22(2,3)4/h5-14H,1-4H3,(H,25,27)/t14-/m1/s1. The van der Waals surface area contributed by atoms with Gasteiger partial charge < -0.3 is 5.32 Å². The Kier molecular flexibility index (Phi) is 5.79. The van der Waals surface area contributed by atoms with E-state index in [4.69, 9.17) is 0 Å². The number of carbonyl (C=O) groups excluding carboxylic acids is 2. The van der Waals surface area contributed by atoms with Crippen molar-refractivity contribution in [2.24, 2.45) is 5.41 Å². The molecule has 3 rings (SSSR count). The van der Waals surface area contributed by atoms with Gasteiger partial charge in [-0.2, -0.15) is 0 Å². The molecular weight excluding hydrogens is 370 g/mol. The van der Waals surface area contributed by atoms with E-state index in [-0.39, 0.29) is 16.9 Å². The molecule has 1 atom stereocenters. The van der Waals surface area contributed by atoms with Gasteiger partial charge in [-0.05, 0) is 37.3 Å². The molecule has 1 amide bonds. The number of carbonyl (C=O) groups is 2. The lowest BCUT2D eigenvalue weighted by atomic mass is 9.95. The topological polar surface area (TPSA) is 72.0 Å². The highest BCUT2D eigenvalue weighted by Crippen LogP contribution is 2.29. The highest BCUT2D eigenvalue weighted by molar-refractivity contribution is 8.00. The summed E-state index contributed by atoms with van der Waals surface area (Å²) in [6.07, 6.45) is 1.52. The molecule has 1 N–H and O–H groups in total. The molecule has 28 heavy (non-hydrogen) atoms. The van der Waals surface area contributed by atoms with Crippen LogP contribution >= 0.6 is 11.8 Å². The molecule has 5 nitrogen and oxygen atoms in total. The number of amides is 1. The molecule has 0 unspecified atom stereocenters. The molecule has 0 radical (unpaired) electrons. The zero-order chi connectivity index (χ0) is 20.3. The van der Waals surface area contributed by atoms with Gasteiger partial charge in [-0.15, -0.1) is 0 Å². The van der Waals surface area contributed by atoms with Crippen LogP contribution in [0.2, 0.25) is 0 Å². The summed E-state index contributed by atoms with van der Waals surface area (Å²) in [6, 6.07) is 14.8. The van der Waals surface area contributed by atoms with Crippen LogP contribution in [0, 0.1) is 5.41 Å². The largest absolute Gasteiger partial charge is 0.326 e. The molecule has 144 valence electrons. The molecule has 0 saturated heterocycles. The summed E-state index contributed by atoms with van der Waals surface area (Å²) in [6.45, 7) is 7.45. The number of nitrogens with one attached hydrogen (secondary N) is 1.